The van der Waals surface area contributed by atoms with Gasteiger partial charge in [0.25, 0.3) is 0 Å². The van der Waals surface area contributed by atoms with Gasteiger partial charge in [0.15, 0.2) is 6.61 Å². The summed E-state index contributed by atoms with van der Waals surface area (Å²) >= 11 is 0. The zero-order valence-corrected chi connectivity index (χ0v) is 11.7. The highest BCUT2D eigenvalue weighted by atomic mass is 19.4. The van der Waals surface area contributed by atoms with Gasteiger partial charge in [0.1, 0.15) is 0 Å². The molecule has 0 radical (unpaired) electrons. The Morgan fingerprint density at radius 3 is 2.15 bits per heavy atom. The smallest absolute Gasteiger partial charge is 0.443 e. The van der Waals surface area contributed by atoms with E-state index in [-0.39, 0.29) is 6.04 Å². The molecule has 1 saturated carbocycles. The Balaban J connectivity index is 0.00000172. The third kappa shape index (κ3) is 6.91. The maximum Gasteiger partial charge on any atom is 0.456 e. The SMILES string of the molecule is CC.CC(CC1CC1)NC(=O)OCC(F)(F)C(F)(F)F. The molecule has 0 saturated heterocycles. The van der Waals surface area contributed by atoms with E-state index < -0.39 is 24.8 Å². The Labute approximate surface area is 114 Å². The molecule has 1 amide bonds. The Kier molecular flexibility index (Phi) is 7.22. The molecule has 0 aromatic heterocycles. The molecule has 1 aliphatic rings. The van der Waals surface area contributed by atoms with E-state index in [1.807, 2.05) is 13.8 Å². The predicted octanol–water partition coefficient (Wildman–Crippen LogP) is 4.13. The monoisotopic (exact) mass is 305 g/mol. The summed E-state index contributed by atoms with van der Waals surface area (Å²) in [6, 6.07) is -0.301. The van der Waals surface area contributed by atoms with Crippen molar-refractivity contribution < 1.29 is 31.5 Å². The second kappa shape index (κ2) is 7.64. The quantitative estimate of drug-likeness (QED) is 0.776. The summed E-state index contributed by atoms with van der Waals surface area (Å²) < 4.78 is 64.0. The molecular weight excluding hydrogens is 285 g/mol. The van der Waals surface area contributed by atoms with E-state index in [0.717, 1.165) is 12.8 Å². The van der Waals surface area contributed by atoms with Gasteiger partial charge in [0.05, 0.1) is 0 Å². The van der Waals surface area contributed by atoms with Crippen molar-refractivity contribution in [1.82, 2.24) is 5.32 Å². The van der Waals surface area contributed by atoms with Crippen molar-refractivity contribution in [3.63, 3.8) is 0 Å². The topological polar surface area (TPSA) is 38.3 Å². The van der Waals surface area contributed by atoms with Crippen molar-refractivity contribution in [3.05, 3.63) is 0 Å². The minimum Gasteiger partial charge on any atom is -0.443 e. The molecule has 0 aromatic carbocycles. The van der Waals surface area contributed by atoms with Crippen LogP contribution in [0.15, 0.2) is 0 Å². The van der Waals surface area contributed by atoms with Gasteiger partial charge in [-0.3, -0.25) is 0 Å². The van der Waals surface area contributed by atoms with Gasteiger partial charge in [-0.2, -0.15) is 22.0 Å². The Morgan fingerprint density at radius 2 is 1.75 bits per heavy atom. The molecule has 1 fully saturated rings. The first-order valence-corrected chi connectivity index (χ1v) is 6.49. The molecule has 20 heavy (non-hydrogen) atoms. The fraction of sp³-hybridized carbons (Fsp3) is 0.917. The Morgan fingerprint density at radius 1 is 1.25 bits per heavy atom. The molecule has 0 aliphatic heterocycles. The van der Waals surface area contributed by atoms with Crippen LogP contribution in [0.4, 0.5) is 26.7 Å². The minimum atomic E-state index is -5.72. The molecule has 1 aliphatic carbocycles. The van der Waals surface area contributed by atoms with Crippen molar-refractivity contribution in [1.29, 1.82) is 0 Å². The van der Waals surface area contributed by atoms with Crippen LogP contribution in [0.2, 0.25) is 0 Å². The summed E-state index contributed by atoms with van der Waals surface area (Å²) in [6.45, 7) is 3.64. The number of hydrogen-bond acceptors (Lipinski definition) is 2. The van der Waals surface area contributed by atoms with Gasteiger partial charge < -0.3 is 10.1 Å². The number of amides is 1. The standard InChI is InChI=1S/C10H14F5NO2.C2H6/c1-6(4-7-2-3-7)16-8(17)18-5-9(11,12)10(13,14)15;1-2/h6-7H,2-5H2,1H3,(H,16,17);1-2H3. The Bertz CT molecular complexity index is 303. The average Bonchev–Trinajstić information content (AvgIpc) is 3.11. The first-order chi connectivity index (χ1) is 9.12. The van der Waals surface area contributed by atoms with E-state index in [9.17, 15) is 26.7 Å². The normalized spacial score (nSPS) is 16.8. The second-order valence-corrected chi connectivity index (χ2v) is 4.50. The van der Waals surface area contributed by atoms with E-state index in [1.165, 1.54) is 0 Å². The van der Waals surface area contributed by atoms with Crippen LogP contribution in [0.25, 0.3) is 0 Å². The van der Waals surface area contributed by atoms with Crippen LogP contribution in [0, 0.1) is 5.92 Å². The van der Waals surface area contributed by atoms with Crippen LogP contribution in [0.5, 0.6) is 0 Å². The van der Waals surface area contributed by atoms with Crippen molar-refractivity contribution in [2.45, 2.75) is 58.2 Å². The Hall–Kier alpha value is -1.08. The molecule has 1 N–H and O–H groups in total. The minimum absolute atomic E-state index is 0.301. The van der Waals surface area contributed by atoms with Gasteiger partial charge in [-0.25, -0.2) is 4.79 Å². The van der Waals surface area contributed by atoms with Gasteiger partial charge >= 0.3 is 18.2 Å². The van der Waals surface area contributed by atoms with Gasteiger partial charge in [0, 0.05) is 6.04 Å². The summed E-state index contributed by atoms with van der Waals surface area (Å²) in [4.78, 5) is 11.0. The first-order valence-electron chi connectivity index (χ1n) is 6.49. The van der Waals surface area contributed by atoms with Gasteiger partial charge in [-0.05, 0) is 19.3 Å². The number of rotatable bonds is 5. The van der Waals surface area contributed by atoms with E-state index >= 15 is 0 Å². The fourth-order valence-electron chi connectivity index (χ4n) is 1.39. The lowest BCUT2D eigenvalue weighted by molar-refractivity contribution is -0.292. The fourth-order valence-corrected chi connectivity index (χ4v) is 1.39. The van der Waals surface area contributed by atoms with Crippen LogP contribution in [0.1, 0.15) is 40.0 Å². The number of hydrogen-bond donors (Lipinski definition) is 1. The predicted molar refractivity (Wildman–Crippen MR) is 63.6 cm³/mol. The third-order valence-electron chi connectivity index (χ3n) is 2.55. The number of nitrogens with one attached hydrogen (secondary N) is 1. The molecule has 1 rings (SSSR count). The lowest BCUT2D eigenvalue weighted by atomic mass is 10.2. The first kappa shape index (κ1) is 18.9. The molecule has 120 valence electrons. The van der Waals surface area contributed by atoms with Crippen LogP contribution in [-0.2, 0) is 4.74 Å². The second-order valence-electron chi connectivity index (χ2n) is 4.50. The number of halogens is 5. The molecule has 0 bridgehead atoms. The van der Waals surface area contributed by atoms with Gasteiger partial charge in [0.2, 0.25) is 0 Å². The third-order valence-corrected chi connectivity index (χ3v) is 2.55. The van der Waals surface area contributed by atoms with Crippen molar-refractivity contribution in [3.8, 4) is 0 Å². The highest BCUT2D eigenvalue weighted by molar-refractivity contribution is 5.67. The highest BCUT2D eigenvalue weighted by Crippen LogP contribution is 2.35. The number of ether oxygens (including phenoxy) is 1. The number of alkyl halides is 5. The molecule has 3 nitrogen and oxygen atoms in total. The molecule has 1 atom stereocenters. The van der Waals surface area contributed by atoms with E-state index in [4.69, 9.17) is 0 Å². The largest absolute Gasteiger partial charge is 0.456 e. The lowest BCUT2D eigenvalue weighted by Crippen LogP contribution is -2.43. The molecular formula is C12H20F5NO2. The zero-order chi connectivity index (χ0) is 16.0. The highest BCUT2D eigenvalue weighted by Gasteiger charge is 2.58. The summed E-state index contributed by atoms with van der Waals surface area (Å²) in [5, 5.41) is 2.21. The van der Waals surface area contributed by atoms with Gasteiger partial charge in [-0.15, -0.1) is 0 Å². The molecule has 1 unspecified atom stereocenters. The van der Waals surface area contributed by atoms with Crippen LogP contribution < -0.4 is 5.32 Å². The summed E-state index contributed by atoms with van der Waals surface area (Å²) in [6.07, 6.45) is -4.20. The molecule has 8 heteroatoms. The van der Waals surface area contributed by atoms with Crippen molar-refractivity contribution >= 4 is 6.09 Å². The van der Waals surface area contributed by atoms with Crippen molar-refractivity contribution in [2.75, 3.05) is 6.61 Å². The maximum atomic E-state index is 12.4. The van der Waals surface area contributed by atoms with E-state index in [2.05, 4.69) is 10.1 Å². The number of carbonyl (C=O) groups excluding carboxylic acids is 1. The maximum absolute atomic E-state index is 12.4. The van der Waals surface area contributed by atoms with E-state index in [1.54, 1.807) is 6.92 Å². The van der Waals surface area contributed by atoms with Crippen LogP contribution in [-0.4, -0.2) is 30.8 Å². The number of alkyl carbamates (subject to hydrolysis) is 1. The van der Waals surface area contributed by atoms with E-state index in [0.29, 0.717) is 12.3 Å². The average molecular weight is 305 g/mol. The molecule has 0 spiro atoms. The summed E-state index contributed by atoms with van der Waals surface area (Å²) in [5.41, 5.74) is 0. The van der Waals surface area contributed by atoms with Gasteiger partial charge in [-0.1, -0.05) is 26.7 Å². The van der Waals surface area contributed by atoms with Crippen LogP contribution >= 0.6 is 0 Å². The van der Waals surface area contributed by atoms with Crippen molar-refractivity contribution in [2.24, 2.45) is 5.92 Å². The summed E-state index contributed by atoms with van der Waals surface area (Å²) in [5.74, 6) is -4.53. The zero-order valence-electron chi connectivity index (χ0n) is 11.7. The molecule has 0 aromatic rings. The number of carbonyl (C=O) groups is 1. The molecule has 0 heterocycles. The lowest BCUT2D eigenvalue weighted by Gasteiger charge is -2.20. The summed E-state index contributed by atoms with van der Waals surface area (Å²) in [7, 11) is 0. The van der Waals surface area contributed by atoms with Crippen LogP contribution in [0.3, 0.4) is 0 Å².